The number of aromatic nitrogens is 4. The van der Waals surface area contributed by atoms with Crippen LogP contribution in [0.2, 0.25) is 5.02 Å². The Morgan fingerprint density at radius 3 is 2.43 bits per heavy atom. The number of hydrogen-bond donors (Lipinski definition) is 0. The van der Waals surface area contributed by atoms with E-state index in [1.165, 1.54) is 19.4 Å². The van der Waals surface area contributed by atoms with Crippen LogP contribution in [0.15, 0.2) is 40.1 Å². The summed E-state index contributed by atoms with van der Waals surface area (Å²) in [5.74, 6) is -1.22. The number of rotatable bonds is 8. The zero-order valence-corrected chi connectivity index (χ0v) is 23.1. The number of nitrogens with zero attached hydrogens (tertiary/aromatic N) is 4. The zero-order chi connectivity index (χ0) is 27.3. The normalized spacial score (nSPS) is 14.1. The second kappa shape index (κ2) is 10.5. The SMILES string of the molecule is Cn1nc(OC(Cl)(Cl)C(Cl)=C(Cl)Cl)c(C(F)(F)F)c1-n1cc(-c2ccc(Cl)c(C(=O)CC3CC3)c2)cn1. The van der Waals surface area contributed by atoms with Gasteiger partial charge >= 0.3 is 6.18 Å². The maximum Gasteiger partial charge on any atom is 0.425 e. The molecule has 0 radical (unpaired) electrons. The lowest BCUT2D eigenvalue weighted by molar-refractivity contribution is -0.139. The quantitative estimate of drug-likeness (QED) is 0.184. The molecule has 15 heteroatoms. The second-order valence-corrected chi connectivity index (χ2v) is 11.2. The third kappa shape index (κ3) is 6.18. The molecule has 0 bridgehead atoms. The summed E-state index contributed by atoms with van der Waals surface area (Å²) < 4.78 is 46.2. The van der Waals surface area contributed by atoms with Crippen LogP contribution in [0.25, 0.3) is 16.9 Å². The first-order valence-electron chi connectivity index (χ1n) is 10.5. The van der Waals surface area contributed by atoms with E-state index >= 15 is 0 Å². The fourth-order valence-electron chi connectivity index (χ4n) is 3.55. The molecule has 0 N–H and O–H groups in total. The van der Waals surface area contributed by atoms with Crippen LogP contribution in [0.3, 0.4) is 0 Å². The monoisotopic (exact) mass is 634 g/mol. The molecule has 1 fully saturated rings. The van der Waals surface area contributed by atoms with Gasteiger partial charge < -0.3 is 4.74 Å². The van der Waals surface area contributed by atoms with Crippen LogP contribution in [0.5, 0.6) is 5.88 Å². The highest BCUT2D eigenvalue weighted by Crippen LogP contribution is 2.45. The summed E-state index contributed by atoms with van der Waals surface area (Å²) in [7, 11) is 1.24. The lowest BCUT2D eigenvalue weighted by Gasteiger charge is -2.20. The second-order valence-electron chi connectivity index (χ2n) is 8.26. The number of hydrogen-bond acceptors (Lipinski definition) is 4. The fraction of sp³-hybridized carbons (Fsp3) is 0.318. The molecule has 0 atom stereocenters. The maximum atomic E-state index is 14.2. The van der Waals surface area contributed by atoms with Crippen molar-refractivity contribution < 1.29 is 22.7 Å². The molecule has 1 saturated carbocycles. The Morgan fingerprint density at radius 2 is 1.84 bits per heavy atom. The van der Waals surface area contributed by atoms with E-state index in [-0.39, 0.29) is 5.78 Å². The van der Waals surface area contributed by atoms with Crippen molar-refractivity contribution in [3.8, 4) is 22.8 Å². The van der Waals surface area contributed by atoms with Gasteiger partial charge in [-0.2, -0.15) is 18.3 Å². The molecule has 0 spiro atoms. The van der Waals surface area contributed by atoms with Gasteiger partial charge in [-0.3, -0.25) is 4.79 Å². The lowest BCUT2D eigenvalue weighted by atomic mass is 10.0. The summed E-state index contributed by atoms with van der Waals surface area (Å²) in [5, 5.41) is 7.46. The fourth-order valence-corrected chi connectivity index (χ4v) is 4.61. The topological polar surface area (TPSA) is 61.9 Å². The predicted octanol–water partition coefficient (Wildman–Crippen LogP) is 8.32. The van der Waals surface area contributed by atoms with Crippen LogP contribution in [-0.4, -0.2) is 29.9 Å². The van der Waals surface area contributed by atoms with Crippen molar-refractivity contribution in [2.45, 2.75) is 30.0 Å². The summed E-state index contributed by atoms with van der Waals surface area (Å²) in [6, 6.07) is 4.79. The molecular formula is C22H15Cl6F3N4O2. The predicted molar refractivity (Wildman–Crippen MR) is 137 cm³/mol. The van der Waals surface area contributed by atoms with E-state index in [0.717, 1.165) is 22.2 Å². The van der Waals surface area contributed by atoms with Crippen molar-refractivity contribution in [3.05, 3.63) is 56.3 Å². The van der Waals surface area contributed by atoms with Gasteiger partial charge in [0.2, 0.25) is 0 Å². The molecule has 3 aromatic rings. The van der Waals surface area contributed by atoms with E-state index < -0.39 is 37.5 Å². The third-order valence-electron chi connectivity index (χ3n) is 5.49. The van der Waals surface area contributed by atoms with E-state index in [9.17, 15) is 18.0 Å². The molecule has 198 valence electrons. The highest BCUT2D eigenvalue weighted by Gasteiger charge is 2.45. The molecule has 0 amide bonds. The van der Waals surface area contributed by atoms with E-state index in [2.05, 4.69) is 10.2 Å². The lowest BCUT2D eigenvalue weighted by Crippen LogP contribution is -2.24. The number of ketones is 1. The van der Waals surface area contributed by atoms with E-state index in [1.54, 1.807) is 18.2 Å². The molecule has 2 aromatic heterocycles. The Kier molecular flexibility index (Phi) is 8.06. The van der Waals surface area contributed by atoms with E-state index in [4.69, 9.17) is 74.3 Å². The van der Waals surface area contributed by atoms with Gasteiger partial charge in [0.25, 0.3) is 10.4 Å². The molecule has 4 rings (SSSR count). The number of carbonyl (C=O) groups is 1. The average Bonchev–Trinajstić information content (AvgIpc) is 3.35. The minimum absolute atomic E-state index is 0.0927. The molecule has 37 heavy (non-hydrogen) atoms. The Labute approximate surface area is 238 Å². The van der Waals surface area contributed by atoms with Crippen molar-refractivity contribution in [1.29, 1.82) is 0 Å². The molecule has 0 unspecified atom stereocenters. The molecule has 1 aliphatic rings. The number of Topliss-reactive ketones (excluding diaryl/α,β-unsaturated/α-hetero) is 1. The number of alkyl halides is 5. The highest BCUT2D eigenvalue weighted by molar-refractivity contribution is 6.63. The summed E-state index contributed by atoms with van der Waals surface area (Å²) >= 11 is 35.0. The third-order valence-corrected chi connectivity index (χ3v) is 7.57. The number of halogens is 9. The Morgan fingerprint density at radius 1 is 1.16 bits per heavy atom. The van der Waals surface area contributed by atoms with Gasteiger partial charge in [0.15, 0.2) is 17.2 Å². The minimum atomic E-state index is -4.97. The van der Waals surface area contributed by atoms with Crippen LogP contribution < -0.4 is 4.74 Å². The largest absolute Gasteiger partial charge is 0.434 e. The van der Waals surface area contributed by atoms with Crippen LogP contribution in [0, 0.1) is 5.92 Å². The Bertz CT molecular complexity index is 1390. The van der Waals surface area contributed by atoms with Gasteiger partial charge in [0, 0.05) is 30.8 Å². The molecule has 0 aliphatic heterocycles. The minimum Gasteiger partial charge on any atom is -0.434 e. The Hall–Kier alpha value is -1.62. The summed E-state index contributed by atoms with van der Waals surface area (Å²) in [5.41, 5.74) is -0.0228. The number of aryl methyl sites for hydroxylation is 1. The number of carbonyl (C=O) groups excluding carboxylic acids is 1. The van der Waals surface area contributed by atoms with Gasteiger partial charge in [-0.1, -0.05) is 75.7 Å². The van der Waals surface area contributed by atoms with Crippen LogP contribution in [0.4, 0.5) is 13.2 Å². The smallest absolute Gasteiger partial charge is 0.425 e. The zero-order valence-electron chi connectivity index (χ0n) is 18.6. The van der Waals surface area contributed by atoms with Crippen LogP contribution in [-0.2, 0) is 13.2 Å². The van der Waals surface area contributed by atoms with Crippen molar-refractivity contribution in [3.63, 3.8) is 0 Å². The molecule has 1 aromatic carbocycles. The van der Waals surface area contributed by atoms with E-state index in [1.807, 2.05) is 0 Å². The first-order valence-corrected chi connectivity index (χ1v) is 12.8. The van der Waals surface area contributed by atoms with Gasteiger partial charge in [-0.05, 0) is 36.5 Å². The van der Waals surface area contributed by atoms with Crippen LogP contribution in [0.1, 0.15) is 35.2 Å². The Balaban J connectivity index is 1.73. The molecular weight excluding hydrogens is 622 g/mol. The summed E-state index contributed by atoms with van der Waals surface area (Å²) in [4.78, 5) is 12.6. The van der Waals surface area contributed by atoms with E-state index in [0.29, 0.717) is 34.1 Å². The van der Waals surface area contributed by atoms with Gasteiger partial charge in [-0.15, -0.1) is 5.10 Å². The first kappa shape index (κ1) is 28.4. The van der Waals surface area contributed by atoms with Crippen molar-refractivity contribution in [1.82, 2.24) is 19.6 Å². The highest BCUT2D eigenvalue weighted by atomic mass is 35.5. The number of benzene rings is 1. The van der Waals surface area contributed by atoms with Gasteiger partial charge in [0.1, 0.15) is 9.52 Å². The molecule has 6 nitrogen and oxygen atoms in total. The average molecular weight is 637 g/mol. The summed E-state index contributed by atoms with van der Waals surface area (Å²) in [6.07, 6.45) is 0.107. The molecule has 2 heterocycles. The van der Waals surface area contributed by atoms with Crippen molar-refractivity contribution >= 4 is 75.4 Å². The van der Waals surface area contributed by atoms with Gasteiger partial charge in [0.05, 0.1) is 11.2 Å². The van der Waals surface area contributed by atoms with Crippen LogP contribution >= 0.6 is 69.6 Å². The van der Waals surface area contributed by atoms with Crippen molar-refractivity contribution in [2.24, 2.45) is 13.0 Å². The summed E-state index contributed by atoms with van der Waals surface area (Å²) in [6.45, 7) is 0. The first-order chi connectivity index (χ1) is 17.2. The molecule has 0 saturated heterocycles. The molecule has 1 aliphatic carbocycles. The van der Waals surface area contributed by atoms with Gasteiger partial charge in [-0.25, -0.2) is 9.36 Å². The standard InChI is InChI=1S/C22H15Cl6F3N4O2/c1-34-20(16(22(29,30)31)19(33-34)37-21(27,28)17(24)18(25)26)35-9-12(8-32-35)11-4-5-14(23)13(7-11)15(36)6-10-2-3-10/h4-5,7-10H,2-3,6H2,1H3. The van der Waals surface area contributed by atoms with Crippen molar-refractivity contribution in [2.75, 3.05) is 0 Å². The maximum absolute atomic E-state index is 14.2. The number of ether oxygens (including phenoxy) is 1.